The molecule has 1 fully saturated rings. The Balaban J connectivity index is 0.000000640. The van der Waals surface area contributed by atoms with Crippen LogP contribution in [-0.4, -0.2) is 10.9 Å². The van der Waals surface area contributed by atoms with Crippen molar-refractivity contribution < 1.29 is 4.84 Å². The molecular weight excluding hydrogens is 184 g/mol. The highest BCUT2D eigenvalue weighted by molar-refractivity contribution is 6.50. The Bertz CT molecular complexity index is 97.8. The van der Waals surface area contributed by atoms with Crippen LogP contribution in [0.15, 0.2) is 0 Å². The molecule has 1 saturated carbocycles. The number of alkyl halides is 2. The van der Waals surface area contributed by atoms with Gasteiger partial charge in [-0.05, 0) is 6.42 Å². The van der Waals surface area contributed by atoms with Gasteiger partial charge in [0.1, 0.15) is 4.33 Å². The maximum absolute atomic E-state index is 5.62. The molecule has 0 aromatic heterocycles. The molecule has 0 bridgehead atoms. The van der Waals surface area contributed by atoms with Gasteiger partial charge in [-0.25, -0.2) is 5.90 Å². The first kappa shape index (κ1) is 9.79. The van der Waals surface area contributed by atoms with Gasteiger partial charge in [-0.2, -0.15) is 0 Å². The number of hydrogen-bond donors (Lipinski definition) is 1. The zero-order chi connectivity index (χ0) is 6.20. The molecule has 1 aliphatic rings. The predicted molar refractivity (Wildman–Crippen MR) is 39.9 cm³/mol. The number of nitrogens with two attached hydrogens (primary N) is 1. The van der Waals surface area contributed by atoms with Crippen LogP contribution in [0, 0.1) is 5.92 Å². The van der Waals surface area contributed by atoms with Crippen LogP contribution >= 0.6 is 35.6 Å². The molecule has 1 aliphatic carbocycles. The Labute approximate surface area is 70.0 Å². The lowest BCUT2D eigenvalue weighted by Gasteiger charge is -1.94. The van der Waals surface area contributed by atoms with E-state index in [0.29, 0.717) is 6.61 Å². The molecule has 56 valence electrons. The van der Waals surface area contributed by atoms with Crippen LogP contribution < -0.4 is 5.90 Å². The van der Waals surface area contributed by atoms with Crippen LogP contribution in [-0.2, 0) is 4.84 Å². The lowest BCUT2D eigenvalue weighted by Crippen LogP contribution is -2.05. The molecule has 0 aliphatic heterocycles. The molecule has 9 heavy (non-hydrogen) atoms. The average Bonchev–Trinajstić information content (AvgIpc) is 2.15. The van der Waals surface area contributed by atoms with Crippen LogP contribution in [0.2, 0.25) is 0 Å². The number of rotatable bonds is 2. The Morgan fingerprint density at radius 2 is 2.11 bits per heavy atom. The zero-order valence-electron chi connectivity index (χ0n) is 4.64. The third kappa shape index (κ3) is 2.48. The van der Waals surface area contributed by atoms with Gasteiger partial charge in [-0.15, -0.1) is 35.6 Å². The monoisotopic (exact) mass is 191 g/mol. The SMILES string of the molecule is Cl.NOCC1CC1(Cl)Cl. The minimum atomic E-state index is -0.542. The van der Waals surface area contributed by atoms with Gasteiger partial charge in [0.15, 0.2) is 0 Å². The van der Waals surface area contributed by atoms with E-state index in [1.807, 2.05) is 0 Å². The molecule has 0 aromatic carbocycles. The molecule has 0 radical (unpaired) electrons. The van der Waals surface area contributed by atoms with Crippen molar-refractivity contribution in [3.05, 3.63) is 0 Å². The lowest BCUT2D eigenvalue weighted by molar-refractivity contribution is 0.127. The lowest BCUT2D eigenvalue weighted by atomic mass is 10.5. The summed E-state index contributed by atoms with van der Waals surface area (Å²) in [4.78, 5) is 4.33. The van der Waals surface area contributed by atoms with Crippen molar-refractivity contribution in [1.29, 1.82) is 0 Å². The molecule has 0 spiro atoms. The molecule has 0 aromatic rings. The van der Waals surface area contributed by atoms with Crippen molar-refractivity contribution in [2.45, 2.75) is 10.8 Å². The second-order valence-corrected chi connectivity index (χ2v) is 3.54. The van der Waals surface area contributed by atoms with Gasteiger partial charge >= 0.3 is 0 Å². The minimum Gasteiger partial charge on any atom is -0.304 e. The van der Waals surface area contributed by atoms with E-state index >= 15 is 0 Å². The molecule has 0 amide bonds. The standard InChI is InChI=1S/C4H7Cl2NO.ClH/c5-4(6)1-3(4)2-8-7;/h3H,1-2,7H2;1H. The van der Waals surface area contributed by atoms with Gasteiger partial charge in [0.05, 0.1) is 6.61 Å². The summed E-state index contributed by atoms with van der Waals surface area (Å²) in [5.74, 6) is 5.02. The van der Waals surface area contributed by atoms with Crippen LogP contribution in [0.25, 0.3) is 0 Å². The van der Waals surface area contributed by atoms with Crippen molar-refractivity contribution in [2.75, 3.05) is 6.61 Å². The predicted octanol–water partition coefficient (Wildman–Crippen LogP) is 1.49. The molecule has 0 saturated heterocycles. The summed E-state index contributed by atoms with van der Waals surface area (Å²) in [6.45, 7) is 0.465. The van der Waals surface area contributed by atoms with Gasteiger partial charge in [0.2, 0.25) is 0 Å². The summed E-state index contributed by atoms with van der Waals surface area (Å²) in [6.07, 6.45) is 0.799. The Kier molecular flexibility index (Phi) is 3.55. The first-order chi connectivity index (χ1) is 3.67. The van der Waals surface area contributed by atoms with Crippen LogP contribution in [0.3, 0.4) is 0 Å². The molecule has 1 unspecified atom stereocenters. The van der Waals surface area contributed by atoms with Crippen LogP contribution in [0.1, 0.15) is 6.42 Å². The molecule has 5 heteroatoms. The third-order valence-electron chi connectivity index (χ3n) is 1.25. The number of hydrogen-bond acceptors (Lipinski definition) is 2. The van der Waals surface area contributed by atoms with E-state index in [1.54, 1.807) is 0 Å². The topological polar surface area (TPSA) is 35.2 Å². The highest BCUT2D eigenvalue weighted by Crippen LogP contribution is 2.52. The van der Waals surface area contributed by atoms with Crippen molar-refractivity contribution in [3.8, 4) is 0 Å². The Morgan fingerprint density at radius 3 is 2.22 bits per heavy atom. The van der Waals surface area contributed by atoms with Gasteiger partial charge in [-0.3, -0.25) is 0 Å². The summed E-state index contributed by atoms with van der Waals surface area (Å²) in [7, 11) is 0. The summed E-state index contributed by atoms with van der Waals surface area (Å²) < 4.78 is -0.542. The van der Waals surface area contributed by atoms with Crippen LogP contribution in [0.4, 0.5) is 0 Å². The van der Waals surface area contributed by atoms with E-state index in [1.165, 1.54) is 0 Å². The highest BCUT2D eigenvalue weighted by atomic mass is 35.5. The first-order valence-corrected chi connectivity index (χ1v) is 3.12. The van der Waals surface area contributed by atoms with Crippen LogP contribution in [0.5, 0.6) is 0 Å². The van der Waals surface area contributed by atoms with E-state index in [4.69, 9.17) is 29.1 Å². The number of halogens is 3. The van der Waals surface area contributed by atoms with E-state index in [0.717, 1.165) is 6.42 Å². The highest BCUT2D eigenvalue weighted by Gasteiger charge is 2.51. The summed E-state index contributed by atoms with van der Waals surface area (Å²) >= 11 is 11.2. The van der Waals surface area contributed by atoms with E-state index in [2.05, 4.69) is 4.84 Å². The van der Waals surface area contributed by atoms with Gasteiger partial charge in [0, 0.05) is 5.92 Å². The molecule has 1 atom stereocenters. The van der Waals surface area contributed by atoms with E-state index in [-0.39, 0.29) is 18.3 Å². The smallest absolute Gasteiger partial charge is 0.124 e. The fourth-order valence-electron chi connectivity index (χ4n) is 0.567. The summed E-state index contributed by atoms with van der Waals surface area (Å²) in [5.41, 5.74) is 0. The largest absolute Gasteiger partial charge is 0.304 e. The van der Waals surface area contributed by atoms with Gasteiger partial charge in [-0.1, -0.05) is 0 Å². The fraction of sp³-hybridized carbons (Fsp3) is 1.00. The molecule has 1 rings (SSSR count). The van der Waals surface area contributed by atoms with Crippen molar-refractivity contribution in [3.63, 3.8) is 0 Å². The summed E-state index contributed by atoms with van der Waals surface area (Å²) in [5, 5.41) is 0. The minimum absolute atomic E-state index is 0. The van der Waals surface area contributed by atoms with Gasteiger partial charge in [0.25, 0.3) is 0 Å². The van der Waals surface area contributed by atoms with Crippen molar-refractivity contribution >= 4 is 35.6 Å². The second-order valence-electron chi connectivity index (χ2n) is 2.00. The zero-order valence-corrected chi connectivity index (χ0v) is 6.97. The second kappa shape index (κ2) is 3.26. The molecule has 2 nitrogen and oxygen atoms in total. The quantitative estimate of drug-likeness (QED) is 0.531. The Hall–Kier alpha value is 0.790. The Morgan fingerprint density at radius 1 is 1.67 bits per heavy atom. The van der Waals surface area contributed by atoms with E-state index < -0.39 is 4.33 Å². The van der Waals surface area contributed by atoms with E-state index in [9.17, 15) is 0 Å². The normalized spacial score (nSPS) is 29.0. The average molecular weight is 192 g/mol. The maximum atomic E-state index is 5.62. The summed E-state index contributed by atoms with van der Waals surface area (Å²) in [6, 6.07) is 0. The van der Waals surface area contributed by atoms with Crippen molar-refractivity contribution in [2.24, 2.45) is 11.8 Å². The fourth-order valence-corrected chi connectivity index (χ4v) is 1.07. The third-order valence-corrected chi connectivity index (χ3v) is 2.18. The van der Waals surface area contributed by atoms with Gasteiger partial charge < -0.3 is 4.84 Å². The first-order valence-electron chi connectivity index (χ1n) is 2.36. The molecular formula is C4H8Cl3NO. The molecule has 2 N–H and O–H groups in total. The molecule has 0 heterocycles. The maximum Gasteiger partial charge on any atom is 0.124 e. The van der Waals surface area contributed by atoms with Crippen molar-refractivity contribution in [1.82, 2.24) is 0 Å².